The van der Waals surface area contributed by atoms with Crippen LogP contribution in [0.5, 0.6) is 0 Å². The second kappa shape index (κ2) is 6.26. The van der Waals surface area contributed by atoms with Crippen molar-refractivity contribution in [3.8, 4) is 0 Å². The highest BCUT2D eigenvalue weighted by atomic mass is 16.5. The molecular formula is C22H30N4O. The largest absolute Gasteiger partial charge is 0.374 e. The average molecular weight is 367 g/mol. The summed E-state index contributed by atoms with van der Waals surface area (Å²) in [5, 5.41) is 4.97. The molecule has 144 valence electrons. The summed E-state index contributed by atoms with van der Waals surface area (Å²) in [5.41, 5.74) is 6.47. The first-order chi connectivity index (χ1) is 13.0. The van der Waals surface area contributed by atoms with E-state index in [-0.39, 0.29) is 0 Å². The molecule has 1 aromatic carbocycles. The zero-order valence-electron chi connectivity index (χ0n) is 16.8. The van der Waals surface area contributed by atoms with Crippen molar-refractivity contribution in [3.05, 3.63) is 34.5 Å². The molecule has 4 atom stereocenters. The third-order valence-corrected chi connectivity index (χ3v) is 7.04. The van der Waals surface area contributed by atoms with Gasteiger partial charge in [0.25, 0.3) is 0 Å². The average Bonchev–Trinajstić information content (AvgIpc) is 3.39. The maximum Gasteiger partial charge on any atom is 0.193 e. The molecule has 5 heteroatoms. The van der Waals surface area contributed by atoms with Crippen molar-refractivity contribution >= 4 is 16.9 Å². The number of benzene rings is 1. The number of nitrogens with zero attached hydrogens (tertiary/aromatic N) is 2. The quantitative estimate of drug-likeness (QED) is 0.633. The van der Waals surface area contributed by atoms with E-state index in [1.165, 1.54) is 46.1 Å². The minimum absolute atomic E-state index is 0.490. The van der Waals surface area contributed by atoms with E-state index in [9.17, 15) is 0 Å². The fraction of sp³-hybridized carbons (Fsp3) is 0.591. The van der Waals surface area contributed by atoms with Crippen LogP contribution in [0.2, 0.25) is 0 Å². The lowest BCUT2D eigenvalue weighted by Crippen LogP contribution is -2.41. The Balaban J connectivity index is 1.34. The van der Waals surface area contributed by atoms with Crippen LogP contribution in [0.25, 0.3) is 10.9 Å². The van der Waals surface area contributed by atoms with Gasteiger partial charge in [-0.05, 0) is 50.8 Å². The fourth-order valence-electron chi connectivity index (χ4n) is 5.57. The summed E-state index contributed by atoms with van der Waals surface area (Å²) in [4.78, 5) is 10.6. The predicted molar refractivity (Wildman–Crippen MR) is 109 cm³/mol. The number of hydrogen-bond acceptors (Lipinski definition) is 2. The van der Waals surface area contributed by atoms with E-state index in [1.807, 2.05) is 7.05 Å². The highest BCUT2D eigenvalue weighted by Gasteiger charge is 2.53. The summed E-state index contributed by atoms with van der Waals surface area (Å²) in [5.74, 6) is 2.42. The molecule has 2 bridgehead atoms. The molecule has 3 saturated heterocycles. The van der Waals surface area contributed by atoms with Crippen LogP contribution < -0.4 is 5.32 Å². The molecule has 4 unspecified atom stereocenters. The number of guanidine groups is 1. The van der Waals surface area contributed by atoms with Crippen molar-refractivity contribution in [2.75, 3.05) is 20.1 Å². The molecule has 2 aromatic rings. The summed E-state index contributed by atoms with van der Waals surface area (Å²) in [6, 6.07) is 4.56. The van der Waals surface area contributed by atoms with Gasteiger partial charge in [-0.3, -0.25) is 4.99 Å². The van der Waals surface area contributed by atoms with Gasteiger partial charge >= 0.3 is 0 Å². The predicted octanol–water partition coefficient (Wildman–Crippen LogP) is 3.28. The Morgan fingerprint density at radius 2 is 1.89 bits per heavy atom. The molecule has 3 aliphatic rings. The highest BCUT2D eigenvalue weighted by Crippen LogP contribution is 2.47. The number of nitrogens with one attached hydrogen (secondary N) is 2. The Bertz CT molecular complexity index is 897. The standard InChI is InChI=1S/C22H30N4O/c1-12-7-15(21-16(8-12)13(2)14(3)25-21)9-24-22(23-4)26-10-17-18(11-26)20-6-5-19(17)27-20/h7-8,17-20,25H,5-6,9-11H2,1-4H3,(H,23,24). The van der Waals surface area contributed by atoms with Gasteiger partial charge in [-0.2, -0.15) is 0 Å². The van der Waals surface area contributed by atoms with Crippen LogP contribution >= 0.6 is 0 Å². The van der Waals surface area contributed by atoms with Crippen molar-refractivity contribution < 1.29 is 4.74 Å². The molecule has 0 spiro atoms. The molecule has 4 heterocycles. The molecular weight excluding hydrogens is 336 g/mol. The number of aromatic amines is 1. The second-order valence-electron chi connectivity index (χ2n) is 8.65. The molecule has 1 aromatic heterocycles. The van der Waals surface area contributed by atoms with Gasteiger partial charge in [-0.25, -0.2) is 0 Å². The van der Waals surface area contributed by atoms with Crippen LogP contribution in [0.15, 0.2) is 17.1 Å². The number of fused-ring (bicyclic) bond motifs is 6. The van der Waals surface area contributed by atoms with E-state index in [4.69, 9.17) is 4.74 Å². The molecule has 0 saturated carbocycles. The maximum atomic E-state index is 6.11. The lowest BCUT2D eigenvalue weighted by molar-refractivity contribution is 0.0767. The molecule has 2 N–H and O–H groups in total. The Morgan fingerprint density at radius 3 is 2.56 bits per heavy atom. The topological polar surface area (TPSA) is 52.7 Å². The summed E-state index contributed by atoms with van der Waals surface area (Å²) in [6.07, 6.45) is 3.48. The van der Waals surface area contributed by atoms with Crippen molar-refractivity contribution in [1.82, 2.24) is 15.2 Å². The van der Waals surface area contributed by atoms with E-state index in [0.717, 1.165) is 25.6 Å². The van der Waals surface area contributed by atoms with Gasteiger partial charge in [-0.1, -0.05) is 11.6 Å². The SMILES string of the molecule is CN=C(NCc1cc(C)cc2c(C)c(C)[nH]c12)N1CC2C3CCC(O3)C2C1. The van der Waals surface area contributed by atoms with Crippen LogP contribution in [0.1, 0.15) is 35.2 Å². The van der Waals surface area contributed by atoms with Crippen LogP contribution in [-0.2, 0) is 11.3 Å². The smallest absolute Gasteiger partial charge is 0.193 e. The van der Waals surface area contributed by atoms with E-state index in [1.54, 1.807) is 0 Å². The third-order valence-electron chi connectivity index (χ3n) is 7.04. The van der Waals surface area contributed by atoms with Gasteiger partial charge in [0.2, 0.25) is 0 Å². The number of likely N-dealkylation sites (tertiary alicyclic amines) is 1. The van der Waals surface area contributed by atoms with Crippen LogP contribution in [0, 0.1) is 32.6 Å². The fourth-order valence-corrected chi connectivity index (χ4v) is 5.57. The lowest BCUT2D eigenvalue weighted by Gasteiger charge is -2.23. The number of aryl methyl sites for hydroxylation is 3. The highest BCUT2D eigenvalue weighted by molar-refractivity contribution is 5.88. The van der Waals surface area contributed by atoms with Crippen molar-refractivity contribution in [2.45, 2.75) is 52.4 Å². The normalized spacial score (nSPS) is 29.8. The number of rotatable bonds is 2. The first-order valence-corrected chi connectivity index (χ1v) is 10.2. The van der Waals surface area contributed by atoms with Gasteiger partial charge in [0, 0.05) is 49.6 Å². The molecule has 5 rings (SSSR count). The number of aromatic nitrogens is 1. The summed E-state index contributed by atoms with van der Waals surface area (Å²) in [7, 11) is 1.90. The van der Waals surface area contributed by atoms with E-state index < -0.39 is 0 Å². The number of ether oxygens (including phenoxy) is 1. The monoisotopic (exact) mass is 366 g/mol. The van der Waals surface area contributed by atoms with E-state index in [0.29, 0.717) is 24.0 Å². The lowest BCUT2D eigenvalue weighted by atomic mass is 9.82. The molecule has 3 fully saturated rings. The maximum absolute atomic E-state index is 6.11. The Kier molecular flexibility index (Phi) is 3.97. The van der Waals surface area contributed by atoms with Crippen molar-refractivity contribution in [3.63, 3.8) is 0 Å². The second-order valence-corrected chi connectivity index (χ2v) is 8.65. The van der Waals surface area contributed by atoms with Crippen LogP contribution in [0.3, 0.4) is 0 Å². The number of aliphatic imine (C=N–C) groups is 1. The first kappa shape index (κ1) is 17.1. The third kappa shape index (κ3) is 2.66. The van der Waals surface area contributed by atoms with Crippen molar-refractivity contribution in [1.29, 1.82) is 0 Å². The van der Waals surface area contributed by atoms with Gasteiger partial charge in [-0.15, -0.1) is 0 Å². The molecule has 0 amide bonds. The first-order valence-electron chi connectivity index (χ1n) is 10.2. The van der Waals surface area contributed by atoms with E-state index in [2.05, 4.69) is 53.1 Å². The number of hydrogen-bond donors (Lipinski definition) is 2. The van der Waals surface area contributed by atoms with Gasteiger partial charge in [0.15, 0.2) is 5.96 Å². The number of H-pyrrole nitrogens is 1. The molecule has 5 nitrogen and oxygen atoms in total. The summed E-state index contributed by atoms with van der Waals surface area (Å²) in [6.45, 7) is 9.48. The zero-order valence-corrected chi connectivity index (χ0v) is 16.8. The van der Waals surface area contributed by atoms with Gasteiger partial charge in [0.1, 0.15) is 0 Å². The van der Waals surface area contributed by atoms with Gasteiger partial charge < -0.3 is 19.9 Å². The van der Waals surface area contributed by atoms with Crippen LogP contribution in [-0.4, -0.2) is 48.2 Å². The van der Waals surface area contributed by atoms with Gasteiger partial charge in [0.05, 0.1) is 17.7 Å². The van der Waals surface area contributed by atoms with Crippen LogP contribution in [0.4, 0.5) is 0 Å². The minimum Gasteiger partial charge on any atom is -0.374 e. The van der Waals surface area contributed by atoms with E-state index >= 15 is 0 Å². The van der Waals surface area contributed by atoms with Crippen molar-refractivity contribution in [2.24, 2.45) is 16.8 Å². The molecule has 0 aliphatic carbocycles. The molecule has 27 heavy (non-hydrogen) atoms. The minimum atomic E-state index is 0.490. The zero-order chi connectivity index (χ0) is 18.7. The summed E-state index contributed by atoms with van der Waals surface area (Å²) < 4.78 is 6.11. The Hall–Kier alpha value is -2.01. The molecule has 0 radical (unpaired) electrons. The molecule has 3 aliphatic heterocycles. The Morgan fingerprint density at radius 1 is 1.19 bits per heavy atom. The Labute approximate surface area is 161 Å². The summed E-state index contributed by atoms with van der Waals surface area (Å²) >= 11 is 0.